The largest absolute Gasteiger partial charge is 0.424 e. The number of rotatable bonds is 12. The van der Waals surface area contributed by atoms with E-state index >= 15 is 0 Å². The van der Waals surface area contributed by atoms with Gasteiger partial charge in [-0.25, -0.2) is 4.79 Å². The number of ether oxygens (including phenoxy) is 1. The highest BCUT2D eigenvalue weighted by molar-refractivity contribution is 5.86. The molecule has 0 amide bonds. The summed E-state index contributed by atoms with van der Waals surface area (Å²) in [5.41, 5.74) is 0. The van der Waals surface area contributed by atoms with Gasteiger partial charge in [-0.05, 0) is 18.6 Å². The molecule has 0 saturated carbocycles. The second-order valence-corrected chi connectivity index (χ2v) is 5.86. The van der Waals surface area contributed by atoms with E-state index in [-0.39, 0.29) is 5.97 Å². The summed E-state index contributed by atoms with van der Waals surface area (Å²) < 4.78 is 4.88. The molecule has 1 aliphatic rings. The SMILES string of the molecule is CCCCCCCCCCCC[C@H](O)/C=C1/C=CC(=O)O1. The van der Waals surface area contributed by atoms with Crippen molar-refractivity contribution < 1.29 is 14.6 Å². The summed E-state index contributed by atoms with van der Waals surface area (Å²) >= 11 is 0. The minimum atomic E-state index is -0.510. The fourth-order valence-corrected chi connectivity index (χ4v) is 2.54. The van der Waals surface area contributed by atoms with Crippen molar-refractivity contribution in [2.75, 3.05) is 0 Å². The van der Waals surface area contributed by atoms with Crippen LogP contribution in [0.5, 0.6) is 0 Å². The molecule has 0 aliphatic carbocycles. The van der Waals surface area contributed by atoms with Crippen LogP contribution in [0.4, 0.5) is 0 Å². The van der Waals surface area contributed by atoms with E-state index in [1.54, 1.807) is 12.2 Å². The van der Waals surface area contributed by atoms with E-state index in [4.69, 9.17) is 4.74 Å². The Morgan fingerprint density at radius 2 is 1.57 bits per heavy atom. The lowest BCUT2D eigenvalue weighted by Gasteiger charge is -2.06. The van der Waals surface area contributed by atoms with Crippen molar-refractivity contribution in [3.8, 4) is 0 Å². The van der Waals surface area contributed by atoms with E-state index in [2.05, 4.69) is 6.92 Å². The molecule has 1 atom stereocenters. The fraction of sp³-hybridized carbons (Fsp3) is 0.722. The van der Waals surface area contributed by atoms with Gasteiger partial charge in [0.1, 0.15) is 5.76 Å². The van der Waals surface area contributed by atoms with E-state index in [9.17, 15) is 9.90 Å². The molecule has 21 heavy (non-hydrogen) atoms. The Hall–Kier alpha value is -1.09. The zero-order chi connectivity index (χ0) is 15.3. The molecule has 120 valence electrons. The molecule has 1 N–H and O–H groups in total. The Bertz CT molecular complexity index is 344. The molecular weight excluding hydrogens is 264 g/mol. The van der Waals surface area contributed by atoms with Gasteiger partial charge in [-0.15, -0.1) is 0 Å². The summed E-state index contributed by atoms with van der Waals surface area (Å²) in [7, 11) is 0. The first-order valence-corrected chi connectivity index (χ1v) is 8.52. The molecule has 0 bridgehead atoms. The number of esters is 1. The molecule has 3 heteroatoms. The zero-order valence-corrected chi connectivity index (χ0v) is 13.4. The number of allylic oxidation sites excluding steroid dienone is 1. The number of aliphatic hydroxyl groups is 1. The van der Waals surface area contributed by atoms with Crippen LogP contribution < -0.4 is 0 Å². The zero-order valence-electron chi connectivity index (χ0n) is 13.4. The Balaban J connectivity index is 1.90. The van der Waals surface area contributed by atoms with E-state index in [0.717, 1.165) is 12.8 Å². The van der Waals surface area contributed by atoms with Gasteiger partial charge in [-0.2, -0.15) is 0 Å². The molecule has 3 nitrogen and oxygen atoms in total. The first-order valence-electron chi connectivity index (χ1n) is 8.52. The molecule has 0 aromatic carbocycles. The standard InChI is InChI=1S/C18H30O3/c1-2-3-4-5-6-7-8-9-10-11-12-16(19)15-17-13-14-18(20)21-17/h13-16,19H,2-12H2,1H3/b17-15-/t16-/m0/s1. The van der Waals surface area contributed by atoms with Crippen LogP contribution in [0.1, 0.15) is 77.6 Å². The third-order valence-corrected chi connectivity index (χ3v) is 3.81. The van der Waals surface area contributed by atoms with E-state index < -0.39 is 6.10 Å². The van der Waals surface area contributed by atoms with Crippen LogP contribution in [0, 0.1) is 0 Å². The first kappa shape index (κ1) is 18.0. The van der Waals surface area contributed by atoms with Gasteiger partial charge in [0.15, 0.2) is 0 Å². The lowest BCUT2D eigenvalue weighted by atomic mass is 10.0. The maximum absolute atomic E-state index is 10.8. The smallest absolute Gasteiger partial charge is 0.336 e. The highest BCUT2D eigenvalue weighted by atomic mass is 16.5. The number of hydrogen-bond donors (Lipinski definition) is 1. The van der Waals surface area contributed by atoms with Crippen molar-refractivity contribution >= 4 is 5.97 Å². The van der Waals surface area contributed by atoms with Crippen LogP contribution in [0.25, 0.3) is 0 Å². The van der Waals surface area contributed by atoms with E-state index in [1.165, 1.54) is 63.9 Å². The van der Waals surface area contributed by atoms with E-state index in [0.29, 0.717) is 5.76 Å². The molecule has 0 saturated heterocycles. The van der Waals surface area contributed by atoms with Gasteiger partial charge in [-0.3, -0.25) is 0 Å². The molecule has 0 aromatic heterocycles. The number of aliphatic hydroxyl groups excluding tert-OH is 1. The maximum atomic E-state index is 10.8. The summed E-state index contributed by atoms with van der Waals surface area (Å²) in [4.78, 5) is 10.8. The summed E-state index contributed by atoms with van der Waals surface area (Å²) in [6.45, 7) is 2.25. The Morgan fingerprint density at radius 1 is 1.00 bits per heavy atom. The van der Waals surface area contributed by atoms with Crippen molar-refractivity contribution in [3.63, 3.8) is 0 Å². The highest BCUT2D eigenvalue weighted by Crippen LogP contribution is 2.14. The number of cyclic esters (lactones) is 1. The van der Waals surface area contributed by atoms with Gasteiger partial charge in [0.05, 0.1) is 6.10 Å². The fourth-order valence-electron chi connectivity index (χ4n) is 2.54. The van der Waals surface area contributed by atoms with Crippen molar-refractivity contribution in [3.05, 3.63) is 24.0 Å². The minimum absolute atomic E-state index is 0.354. The quantitative estimate of drug-likeness (QED) is 0.421. The van der Waals surface area contributed by atoms with Crippen LogP contribution >= 0.6 is 0 Å². The summed E-state index contributed by atoms with van der Waals surface area (Å²) in [5, 5.41) is 9.82. The van der Waals surface area contributed by atoms with Gasteiger partial charge in [0.25, 0.3) is 0 Å². The number of hydrogen-bond acceptors (Lipinski definition) is 3. The number of unbranched alkanes of at least 4 members (excludes halogenated alkanes) is 9. The van der Waals surface area contributed by atoms with Crippen molar-refractivity contribution in [2.24, 2.45) is 0 Å². The Labute approximate surface area is 129 Å². The van der Waals surface area contributed by atoms with Crippen molar-refractivity contribution in [1.82, 2.24) is 0 Å². The molecule has 0 fully saturated rings. The second kappa shape index (κ2) is 11.6. The molecule has 1 heterocycles. The predicted octanol–water partition coefficient (Wildman–Crippen LogP) is 4.66. The molecule has 0 unspecified atom stereocenters. The van der Waals surface area contributed by atoms with Crippen LogP contribution in [0.15, 0.2) is 24.0 Å². The average Bonchev–Trinajstić information content (AvgIpc) is 2.86. The normalized spacial score (nSPS) is 17.4. The van der Waals surface area contributed by atoms with Crippen molar-refractivity contribution in [1.29, 1.82) is 0 Å². The number of carbonyl (C=O) groups excluding carboxylic acids is 1. The molecule has 0 aromatic rings. The summed E-state index contributed by atoms with van der Waals surface area (Å²) in [6, 6.07) is 0. The second-order valence-electron chi connectivity index (χ2n) is 5.86. The first-order chi connectivity index (χ1) is 10.2. The Morgan fingerprint density at radius 3 is 2.10 bits per heavy atom. The lowest BCUT2D eigenvalue weighted by Crippen LogP contribution is -2.04. The molecule has 1 aliphatic heterocycles. The number of carbonyl (C=O) groups is 1. The third kappa shape index (κ3) is 9.46. The van der Waals surface area contributed by atoms with Gasteiger partial charge in [0, 0.05) is 6.08 Å². The minimum Gasteiger partial charge on any atom is -0.424 e. The summed E-state index contributed by atoms with van der Waals surface area (Å²) in [6.07, 6.45) is 17.8. The van der Waals surface area contributed by atoms with E-state index in [1.807, 2.05) is 0 Å². The van der Waals surface area contributed by atoms with Gasteiger partial charge in [-0.1, -0.05) is 71.1 Å². The monoisotopic (exact) mass is 294 g/mol. The van der Waals surface area contributed by atoms with Crippen LogP contribution in [0.2, 0.25) is 0 Å². The Kier molecular flexibility index (Phi) is 9.88. The predicted molar refractivity (Wildman–Crippen MR) is 85.8 cm³/mol. The summed E-state index contributed by atoms with van der Waals surface area (Å²) in [5.74, 6) is 0.118. The van der Waals surface area contributed by atoms with Gasteiger partial charge < -0.3 is 9.84 Å². The van der Waals surface area contributed by atoms with Crippen LogP contribution in [-0.4, -0.2) is 17.2 Å². The molecule has 1 rings (SSSR count). The van der Waals surface area contributed by atoms with Crippen LogP contribution in [-0.2, 0) is 9.53 Å². The van der Waals surface area contributed by atoms with Crippen LogP contribution in [0.3, 0.4) is 0 Å². The maximum Gasteiger partial charge on any atom is 0.336 e. The van der Waals surface area contributed by atoms with Crippen molar-refractivity contribution in [2.45, 2.75) is 83.7 Å². The highest BCUT2D eigenvalue weighted by Gasteiger charge is 2.11. The lowest BCUT2D eigenvalue weighted by molar-refractivity contribution is -0.132. The topological polar surface area (TPSA) is 46.5 Å². The third-order valence-electron chi connectivity index (χ3n) is 3.81. The van der Waals surface area contributed by atoms with Gasteiger partial charge >= 0.3 is 5.97 Å². The average molecular weight is 294 g/mol. The molecule has 0 spiro atoms. The molecule has 0 radical (unpaired) electrons. The molecular formula is C18H30O3. The van der Waals surface area contributed by atoms with Gasteiger partial charge in [0.2, 0.25) is 0 Å².